The van der Waals surface area contributed by atoms with Crippen LogP contribution in [-0.4, -0.2) is 60.0 Å². The van der Waals surface area contributed by atoms with Crippen LogP contribution >= 0.6 is 0 Å². The Labute approximate surface area is 214 Å². The molecule has 1 N–H and O–H groups in total. The van der Waals surface area contributed by atoms with E-state index in [1.165, 1.54) is 63.1 Å². The molecular formula is C29H38N6O. The van der Waals surface area contributed by atoms with Crippen LogP contribution in [0.2, 0.25) is 0 Å². The fourth-order valence-electron chi connectivity index (χ4n) is 6.10. The molecule has 1 aromatic carbocycles. The van der Waals surface area contributed by atoms with Gasteiger partial charge in [0, 0.05) is 32.4 Å². The molecule has 7 heteroatoms. The van der Waals surface area contributed by atoms with E-state index in [0.29, 0.717) is 22.7 Å². The van der Waals surface area contributed by atoms with Crippen LogP contribution in [0.3, 0.4) is 0 Å². The van der Waals surface area contributed by atoms with Crippen LogP contribution in [0.4, 0.5) is 5.82 Å². The van der Waals surface area contributed by atoms with Crippen molar-refractivity contribution in [2.75, 3.05) is 38.1 Å². The first-order valence-electron chi connectivity index (χ1n) is 13.6. The average Bonchev–Trinajstić information content (AvgIpc) is 3.45. The molecule has 0 radical (unpaired) electrons. The van der Waals surface area contributed by atoms with Crippen LogP contribution in [0.5, 0.6) is 0 Å². The Morgan fingerprint density at radius 2 is 1.92 bits per heavy atom. The first-order valence-corrected chi connectivity index (χ1v) is 13.6. The zero-order valence-electron chi connectivity index (χ0n) is 21.5. The van der Waals surface area contributed by atoms with Gasteiger partial charge in [-0.15, -0.1) is 0 Å². The Morgan fingerprint density at radius 1 is 1.19 bits per heavy atom. The predicted octanol–water partition coefficient (Wildman–Crippen LogP) is 4.19. The number of nitrogens with zero attached hydrogens (tertiary/aromatic N) is 5. The molecule has 1 saturated heterocycles. The Bertz CT molecular complexity index is 1080. The van der Waals surface area contributed by atoms with E-state index in [9.17, 15) is 10.1 Å². The highest BCUT2D eigenvalue weighted by Crippen LogP contribution is 2.57. The number of aromatic nitrogens is 2. The van der Waals surface area contributed by atoms with Gasteiger partial charge >= 0.3 is 0 Å². The molecule has 2 heterocycles. The molecule has 190 valence electrons. The number of nitriles is 1. The third-order valence-corrected chi connectivity index (χ3v) is 8.47. The van der Waals surface area contributed by atoms with Crippen molar-refractivity contribution in [2.24, 2.45) is 11.3 Å². The van der Waals surface area contributed by atoms with E-state index >= 15 is 0 Å². The van der Waals surface area contributed by atoms with Gasteiger partial charge in [-0.05, 0) is 87.8 Å². The molecule has 2 aromatic rings. The van der Waals surface area contributed by atoms with Crippen molar-refractivity contribution >= 4 is 11.7 Å². The largest absolute Gasteiger partial charge is 0.359 e. The van der Waals surface area contributed by atoms with Gasteiger partial charge in [0.1, 0.15) is 17.5 Å². The molecule has 0 bridgehead atoms. The molecule has 0 unspecified atom stereocenters. The lowest BCUT2D eigenvalue weighted by Crippen LogP contribution is -2.45. The van der Waals surface area contributed by atoms with E-state index in [4.69, 9.17) is 0 Å². The van der Waals surface area contributed by atoms with Gasteiger partial charge in [-0.2, -0.15) is 5.26 Å². The summed E-state index contributed by atoms with van der Waals surface area (Å²) in [4.78, 5) is 26.8. The number of amides is 1. The highest BCUT2D eigenvalue weighted by Gasteiger charge is 2.44. The smallest absolute Gasteiger partial charge is 0.256 e. The Balaban J connectivity index is 1.31. The number of hydrogen-bond donors (Lipinski definition) is 1. The quantitative estimate of drug-likeness (QED) is 0.572. The van der Waals surface area contributed by atoms with Crippen LogP contribution in [0.1, 0.15) is 73.1 Å². The number of carbonyl (C=O) groups excluding carboxylic acids is 1. The minimum atomic E-state index is -0.165. The van der Waals surface area contributed by atoms with Gasteiger partial charge in [-0.1, -0.05) is 30.3 Å². The minimum Gasteiger partial charge on any atom is -0.359 e. The van der Waals surface area contributed by atoms with E-state index in [2.05, 4.69) is 37.2 Å². The Morgan fingerprint density at radius 3 is 2.58 bits per heavy atom. The number of likely N-dealkylation sites (tertiary alicyclic amines) is 1. The highest BCUT2D eigenvalue weighted by molar-refractivity contribution is 5.98. The summed E-state index contributed by atoms with van der Waals surface area (Å²) in [6, 6.07) is 12.4. The van der Waals surface area contributed by atoms with Gasteiger partial charge in [0.15, 0.2) is 0 Å². The van der Waals surface area contributed by atoms with Crippen molar-refractivity contribution < 1.29 is 4.79 Å². The van der Waals surface area contributed by atoms with E-state index < -0.39 is 0 Å². The first kappa shape index (κ1) is 24.7. The van der Waals surface area contributed by atoms with E-state index in [1.807, 2.05) is 31.3 Å². The minimum absolute atomic E-state index is 0.0140. The van der Waals surface area contributed by atoms with Gasteiger partial charge < -0.3 is 15.1 Å². The third kappa shape index (κ3) is 6.04. The average molecular weight is 487 g/mol. The summed E-state index contributed by atoms with van der Waals surface area (Å²) in [5.74, 6) is 1.10. The van der Waals surface area contributed by atoms with Crippen molar-refractivity contribution in [3.05, 3.63) is 53.5 Å². The normalized spacial score (nSPS) is 20.1. The standard InChI is InChI=1S/C29H38N6O/c1-34(20-23-9-11-29(12-10-23)13-14-29)27-25(19-31-26(18-30)33-27)28(36)32-24(21-35-15-5-6-16-35)17-22-7-3-2-4-8-22/h2-4,7-8,19,23-24H,5-6,9-17,20-21H2,1H3,(H,32,36)/t24-/m1/s1. The third-order valence-electron chi connectivity index (χ3n) is 8.47. The number of rotatable bonds is 9. The van der Waals surface area contributed by atoms with Crippen LogP contribution in [0.25, 0.3) is 0 Å². The second-order valence-corrected chi connectivity index (χ2v) is 11.2. The summed E-state index contributed by atoms with van der Waals surface area (Å²) in [5, 5.41) is 12.7. The molecule has 1 atom stereocenters. The van der Waals surface area contributed by atoms with Gasteiger partial charge in [0.25, 0.3) is 5.91 Å². The molecule has 2 aliphatic carbocycles. The highest BCUT2D eigenvalue weighted by atomic mass is 16.1. The number of carbonyl (C=O) groups is 1. The predicted molar refractivity (Wildman–Crippen MR) is 141 cm³/mol. The number of hydrogen-bond acceptors (Lipinski definition) is 6. The fraction of sp³-hybridized carbons (Fsp3) is 0.586. The van der Waals surface area contributed by atoms with Gasteiger partial charge in [0.05, 0.1) is 0 Å². The lowest BCUT2D eigenvalue weighted by atomic mass is 9.79. The summed E-state index contributed by atoms with van der Waals surface area (Å²) in [7, 11) is 1.99. The molecule has 1 aromatic heterocycles. The molecule has 7 nitrogen and oxygen atoms in total. The van der Waals surface area contributed by atoms with Crippen molar-refractivity contribution in [1.29, 1.82) is 5.26 Å². The molecule has 2 saturated carbocycles. The molecule has 3 fully saturated rings. The second kappa shape index (κ2) is 11.0. The van der Waals surface area contributed by atoms with E-state index in [-0.39, 0.29) is 17.8 Å². The lowest BCUT2D eigenvalue weighted by Gasteiger charge is -2.32. The molecule has 1 spiro atoms. The zero-order valence-corrected chi connectivity index (χ0v) is 21.5. The summed E-state index contributed by atoms with van der Waals surface area (Å²) < 4.78 is 0. The molecular weight excluding hydrogens is 448 g/mol. The molecule has 1 amide bonds. The van der Waals surface area contributed by atoms with Gasteiger partial charge in [0.2, 0.25) is 5.82 Å². The molecule has 36 heavy (non-hydrogen) atoms. The summed E-state index contributed by atoms with van der Waals surface area (Å²) in [5.41, 5.74) is 2.32. The maximum Gasteiger partial charge on any atom is 0.256 e. The van der Waals surface area contributed by atoms with Crippen LogP contribution in [-0.2, 0) is 6.42 Å². The van der Waals surface area contributed by atoms with Crippen molar-refractivity contribution in [2.45, 2.75) is 63.8 Å². The Hall–Kier alpha value is -2.98. The molecule has 3 aliphatic rings. The number of anilines is 1. The monoisotopic (exact) mass is 486 g/mol. The fourth-order valence-corrected chi connectivity index (χ4v) is 6.10. The van der Waals surface area contributed by atoms with Gasteiger partial charge in [-0.3, -0.25) is 4.79 Å². The van der Waals surface area contributed by atoms with Crippen LogP contribution in [0, 0.1) is 22.7 Å². The zero-order chi connectivity index (χ0) is 25.0. The van der Waals surface area contributed by atoms with Crippen molar-refractivity contribution in [1.82, 2.24) is 20.2 Å². The summed E-state index contributed by atoms with van der Waals surface area (Å²) in [6.45, 7) is 3.84. The van der Waals surface area contributed by atoms with E-state index in [0.717, 1.165) is 32.6 Å². The van der Waals surface area contributed by atoms with Crippen LogP contribution < -0.4 is 10.2 Å². The first-order chi connectivity index (χ1) is 17.5. The van der Waals surface area contributed by atoms with Gasteiger partial charge in [-0.25, -0.2) is 9.97 Å². The van der Waals surface area contributed by atoms with E-state index in [1.54, 1.807) is 0 Å². The molecule has 1 aliphatic heterocycles. The number of nitrogens with one attached hydrogen (secondary N) is 1. The van der Waals surface area contributed by atoms with Crippen LogP contribution in [0.15, 0.2) is 36.5 Å². The SMILES string of the molecule is CN(CC1CCC2(CC1)CC2)c1nc(C#N)ncc1C(=O)N[C@H](Cc1ccccc1)CN1CCCC1. The van der Waals surface area contributed by atoms with Crippen molar-refractivity contribution in [3.63, 3.8) is 0 Å². The number of benzene rings is 1. The van der Waals surface area contributed by atoms with Crippen molar-refractivity contribution in [3.8, 4) is 6.07 Å². The maximum absolute atomic E-state index is 13.6. The Kier molecular flexibility index (Phi) is 7.52. The molecule has 5 rings (SSSR count). The summed E-state index contributed by atoms with van der Waals surface area (Å²) >= 11 is 0. The topological polar surface area (TPSA) is 85.1 Å². The lowest BCUT2D eigenvalue weighted by molar-refractivity contribution is 0.0927. The maximum atomic E-state index is 13.6. The second-order valence-electron chi connectivity index (χ2n) is 11.2. The summed E-state index contributed by atoms with van der Waals surface area (Å²) in [6.07, 6.45) is 12.6.